The van der Waals surface area contributed by atoms with Crippen LogP contribution in [0, 0.1) is 0 Å². The molecule has 0 spiro atoms. The number of amides is 1. The molecule has 1 aliphatic carbocycles. The summed E-state index contributed by atoms with van der Waals surface area (Å²) in [5.74, 6) is 0.451. The smallest absolute Gasteiger partial charge is 0.264 e. The molecular formula is C30H30N2O2S. The van der Waals surface area contributed by atoms with Crippen molar-refractivity contribution in [1.82, 2.24) is 4.98 Å². The van der Waals surface area contributed by atoms with Gasteiger partial charge in [0, 0.05) is 16.4 Å². The lowest BCUT2D eigenvalue weighted by Gasteiger charge is -2.26. The van der Waals surface area contributed by atoms with Crippen LogP contribution in [0.25, 0.3) is 11.3 Å². The monoisotopic (exact) mass is 482 g/mol. The maximum atomic E-state index is 12.5. The molecule has 1 aliphatic rings. The van der Waals surface area contributed by atoms with Gasteiger partial charge in [-0.25, -0.2) is 4.98 Å². The largest absolute Gasteiger partial charge is 0.484 e. The predicted octanol–water partition coefficient (Wildman–Crippen LogP) is 7.03. The van der Waals surface area contributed by atoms with Gasteiger partial charge in [-0.05, 0) is 66.1 Å². The number of thiazole rings is 1. The second-order valence-electron chi connectivity index (χ2n) is 9.58. The number of hydrogen-bond donors (Lipinski definition) is 1. The molecule has 0 fully saturated rings. The molecule has 0 saturated heterocycles. The molecule has 1 N–H and O–H groups in total. The lowest BCUT2D eigenvalue weighted by Crippen LogP contribution is -2.20. The zero-order valence-electron chi connectivity index (χ0n) is 20.2. The van der Waals surface area contributed by atoms with Gasteiger partial charge in [-0.3, -0.25) is 10.1 Å². The second kappa shape index (κ2) is 10.0. The minimum atomic E-state index is -0.218. The first-order valence-corrected chi connectivity index (χ1v) is 13.0. The van der Waals surface area contributed by atoms with Crippen LogP contribution in [0.5, 0.6) is 5.75 Å². The van der Waals surface area contributed by atoms with E-state index < -0.39 is 0 Å². The molecule has 0 unspecified atom stereocenters. The average Bonchev–Trinajstić information content (AvgIpc) is 3.36. The highest BCUT2D eigenvalue weighted by Crippen LogP contribution is 2.32. The van der Waals surface area contributed by atoms with Gasteiger partial charge >= 0.3 is 0 Å². The van der Waals surface area contributed by atoms with Crippen molar-refractivity contribution in [3.05, 3.63) is 100 Å². The number of nitrogens with one attached hydrogen (secondary N) is 1. The van der Waals surface area contributed by atoms with Crippen LogP contribution >= 0.6 is 11.3 Å². The Morgan fingerprint density at radius 1 is 0.943 bits per heavy atom. The third-order valence-corrected chi connectivity index (χ3v) is 7.59. The summed E-state index contributed by atoms with van der Waals surface area (Å²) >= 11 is 1.44. The average molecular weight is 483 g/mol. The van der Waals surface area contributed by atoms with E-state index in [4.69, 9.17) is 4.74 Å². The molecule has 1 heterocycles. The Morgan fingerprint density at radius 2 is 1.66 bits per heavy atom. The number of ether oxygens (including phenoxy) is 1. The Hall–Kier alpha value is -3.44. The van der Waals surface area contributed by atoms with Crippen LogP contribution in [-0.4, -0.2) is 17.5 Å². The van der Waals surface area contributed by atoms with E-state index in [0.717, 1.165) is 17.7 Å². The molecule has 0 atom stereocenters. The number of nitrogens with zero attached hydrogens (tertiary/aromatic N) is 1. The van der Waals surface area contributed by atoms with Crippen molar-refractivity contribution in [1.29, 1.82) is 0 Å². The van der Waals surface area contributed by atoms with Gasteiger partial charge in [0.2, 0.25) is 0 Å². The Kier molecular flexibility index (Phi) is 6.69. The van der Waals surface area contributed by atoms with Crippen molar-refractivity contribution in [2.24, 2.45) is 0 Å². The molecule has 3 aromatic carbocycles. The number of anilines is 1. The van der Waals surface area contributed by atoms with Gasteiger partial charge in [0.25, 0.3) is 5.91 Å². The van der Waals surface area contributed by atoms with Crippen molar-refractivity contribution < 1.29 is 9.53 Å². The van der Waals surface area contributed by atoms with Gasteiger partial charge in [0.1, 0.15) is 5.75 Å². The van der Waals surface area contributed by atoms with Crippen LogP contribution in [-0.2, 0) is 23.1 Å². The van der Waals surface area contributed by atoms with Crippen molar-refractivity contribution in [3.63, 3.8) is 0 Å². The zero-order valence-corrected chi connectivity index (χ0v) is 21.0. The third kappa shape index (κ3) is 5.30. The summed E-state index contributed by atoms with van der Waals surface area (Å²) in [7, 11) is 0. The number of fused-ring (bicyclic) bond motifs is 1. The van der Waals surface area contributed by atoms with Crippen LogP contribution in [0.1, 0.15) is 48.9 Å². The molecule has 0 radical (unpaired) electrons. The molecule has 1 aromatic heterocycles. The first-order valence-electron chi connectivity index (χ1n) is 12.2. The van der Waals surface area contributed by atoms with Crippen LogP contribution in [0.15, 0.2) is 78.2 Å². The summed E-state index contributed by atoms with van der Waals surface area (Å²) in [5.41, 5.74) is 7.23. The van der Waals surface area contributed by atoms with E-state index in [0.29, 0.717) is 10.9 Å². The highest BCUT2D eigenvalue weighted by Gasteiger charge is 2.22. The van der Waals surface area contributed by atoms with Crippen molar-refractivity contribution in [2.75, 3.05) is 11.9 Å². The summed E-state index contributed by atoms with van der Waals surface area (Å²) in [6.45, 7) is 4.35. The lowest BCUT2D eigenvalue weighted by molar-refractivity contribution is -0.118. The van der Waals surface area contributed by atoms with Crippen molar-refractivity contribution in [2.45, 2.75) is 44.9 Å². The van der Waals surface area contributed by atoms with Crippen LogP contribution in [0.4, 0.5) is 5.13 Å². The Morgan fingerprint density at radius 3 is 2.43 bits per heavy atom. The molecule has 0 bridgehead atoms. The first-order chi connectivity index (χ1) is 17.0. The Balaban J connectivity index is 1.17. The van der Waals surface area contributed by atoms with E-state index in [1.165, 1.54) is 52.9 Å². The standard InChI is InChI=1S/C30H30N2O2S/c1-30(2,24-10-4-3-5-11-24)25-14-16-26(17-15-25)34-19-28(33)32-29-31-27(20-35-29)23-13-12-21-8-6-7-9-22(21)18-23/h3-5,10-18,20H,6-9,19H2,1-2H3,(H,31,32,33). The summed E-state index contributed by atoms with van der Waals surface area (Å²) in [6, 6.07) is 25.0. The van der Waals surface area contributed by atoms with Gasteiger partial charge in [-0.1, -0.05) is 68.4 Å². The minimum absolute atomic E-state index is 0.0603. The number of carbonyl (C=O) groups excluding carboxylic acids is 1. The second-order valence-corrected chi connectivity index (χ2v) is 10.4. The summed E-state index contributed by atoms with van der Waals surface area (Å²) in [6.07, 6.45) is 4.83. The van der Waals surface area contributed by atoms with Gasteiger partial charge in [-0.2, -0.15) is 0 Å². The van der Waals surface area contributed by atoms with Gasteiger partial charge in [0.15, 0.2) is 11.7 Å². The molecule has 0 saturated carbocycles. The molecule has 4 aromatic rings. The predicted molar refractivity (Wildman–Crippen MR) is 143 cm³/mol. The zero-order chi connectivity index (χ0) is 24.3. The van der Waals surface area contributed by atoms with E-state index >= 15 is 0 Å². The lowest BCUT2D eigenvalue weighted by atomic mass is 9.78. The first kappa shape index (κ1) is 23.3. The van der Waals surface area contributed by atoms with Crippen molar-refractivity contribution in [3.8, 4) is 17.0 Å². The van der Waals surface area contributed by atoms with Gasteiger partial charge < -0.3 is 4.74 Å². The van der Waals surface area contributed by atoms with E-state index in [2.05, 4.69) is 78.7 Å². The molecule has 5 heteroatoms. The molecule has 0 aliphatic heterocycles. The number of hydrogen-bond acceptors (Lipinski definition) is 4. The van der Waals surface area contributed by atoms with E-state index in [-0.39, 0.29) is 17.9 Å². The molecule has 5 rings (SSSR count). The minimum Gasteiger partial charge on any atom is -0.484 e. The molecule has 35 heavy (non-hydrogen) atoms. The number of aromatic nitrogens is 1. The highest BCUT2D eigenvalue weighted by molar-refractivity contribution is 7.14. The van der Waals surface area contributed by atoms with Gasteiger partial charge in [-0.15, -0.1) is 11.3 Å². The van der Waals surface area contributed by atoms with E-state index in [1.54, 1.807) is 0 Å². The summed E-state index contributed by atoms with van der Waals surface area (Å²) in [4.78, 5) is 17.1. The molecule has 4 nitrogen and oxygen atoms in total. The van der Waals surface area contributed by atoms with Crippen LogP contribution in [0.3, 0.4) is 0 Å². The maximum Gasteiger partial charge on any atom is 0.264 e. The quantitative estimate of drug-likeness (QED) is 0.308. The Bertz CT molecular complexity index is 1310. The van der Waals surface area contributed by atoms with Crippen LogP contribution in [0.2, 0.25) is 0 Å². The third-order valence-electron chi connectivity index (χ3n) is 6.84. The molecule has 178 valence electrons. The number of rotatable bonds is 7. The van der Waals surface area contributed by atoms with Crippen LogP contribution < -0.4 is 10.1 Å². The fourth-order valence-corrected chi connectivity index (χ4v) is 5.39. The number of aryl methyl sites for hydroxylation is 2. The fraction of sp³-hybridized carbons (Fsp3) is 0.267. The van der Waals surface area contributed by atoms with E-state index in [1.807, 2.05) is 23.6 Å². The van der Waals surface area contributed by atoms with Crippen molar-refractivity contribution >= 4 is 22.4 Å². The number of carbonyl (C=O) groups is 1. The highest BCUT2D eigenvalue weighted by atomic mass is 32.1. The topological polar surface area (TPSA) is 51.2 Å². The van der Waals surface area contributed by atoms with E-state index in [9.17, 15) is 4.79 Å². The maximum absolute atomic E-state index is 12.5. The number of benzene rings is 3. The normalized spacial score (nSPS) is 13.2. The fourth-order valence-electron chi connectivity index (χ4n) is 4.65. The Labute approximate surface area is 211 Å². The summed E-state index contributed by atoms with van der Waals surface area (Å²) in [5, 5.41) is 5.45. The molecular weight excluding hydrogens is 452 g/mol. The SMILES string of the molecule is CC(C)(c1ccccc1)c1ccc(OCC(=O)Nc2nc(-c3ccc4c(c3)CCCC4)cs2)cc1. The molecule has 1 amide bonds. The summed E-state index contributed by atoms with van der Waals surface area (Å²) < 4.78 is 5.73. The van der Waals surface area contributed by atoms with Gasteiger partial charge in [0.05, 0.1) is 5.69 Å².